The molecule has 150 valence electrons. The Morgan fingerprint density at radius 1 is 1.15 bits per heavy atom. The van der Waals surface area contributed by atoms with Gasteiger partial charge in [0.2, 0.25) is 6.79 Å². The van der Waals surface area contributed by atoms with Crippen LogP contribution in [-0.2, 0) is 4.74 Å². The third-order valence-electron chi connectivity index (χ3n) is 5.05. The Hall–Kier alpha value is -1.99. The number of morpholine rings is 1. The number of carbonyl (C=O) groups excluding carboxylic acids is 1. The monoisotopic (exact) mass is 377 g/mol. The number of nitrogens with zero attached hydrogens (tertiary/aromatic N) is 1. The van der Waals surface area contributed by atoms with Crippen LogP contribution in [0, 0.1) is 5.92 Å². The predicted octanol–water partition coefficient (Wildman–Crippen LogP) is 2.52. The van der Waals surface area contributed by atoms with E-state index in [0.717, 1.165) is 49.8 Å². The van der Waals surface area contributed by atoms with Gasteiger partial charge in [-0.15, -0.1) is 0 Å². The largest absolute Gasteiger partial charge is 0.454 e. The number of fused-ring (bicyclic) bond motifs is 1. The van der Waals surface area contributed by atoms with Gasteiger partial charge in [0.05, 0.1) is 19.3 Å². The van der Waals surface area contributed by atoms with Gasteiger partial charge >= 0.3 is 6.03 Å². The van der Waals surface area contributed by atoms with Gasteiger partial charge < -0.3 is 24.8 Å². The zero-order valence-corrected chi connectivity index (χ0v) is 16.5. The van der Waals surface area contributed by atoms with Crippen LogP contribution in [-0.4, -0.2) is 56.6 Å². The van der Waals surface area contributed by atoms with Crippen LogP contribution < -0.4 is 20.1 Å². The minimum absolute atomic E-state index is 0.119. The molecule has 2 aliphatic heterocycles. The lowest BCUT2D eigenvalue weighted by atomic mass is 10.0. The summed E-state index contributed by atoms with van der Waals surface area (Å²) in [5, 5.41) is 6.06. The molecule has 2 N–H and O–H groups in total. The van der Waals surface area contributed by atoms with E-state index >= 15 is 0 Å². The second kappa shape index (κ2) is 9.28. The van der Waals surface area contributed by atoms with Gasteiger partial charge in [-0.25, -0.2) is 4.79 Å². The average Bonchev–Trinajstić information content (AvgIpc) is 3.13. The van der Waals surface area contributed by atoms with Crippen molar-refractivity contribution >= 4 is 6.03 Å². The lowest BCUT2D eigenvalue weighted by Gasteiger charge is -2.35. The molecule has 0 saturated carbocycles. The first-order chi connectivity index (χ1) is 13.0. The Kier molecular flexibility index (Phi) is 6.79. The fourth-order valence-electron chi connectivity index (χ4n) is 3.57. The summed E-state index contributed by atoms with van der Waals surface area (Å²) < 4.78 is 16.2. The van der Waals surface area contributed by atoms with Crippen LogP contribution >= 0.6 is 0 Å². The van der Waals surface area contributed by atoms with Crippen molar-refractivity contribution in [3.63, 3.8) is 0 Å². The molecule has 0 aromatic heterocycles. The minimum atomic E-state index is -0.151. The summed E-state index contributed by atoms with van der Waals surface area (Å²) in [6.45, 7) is 10.7. The van der Waals surface area contributed by atoms with E-state index in [4.69, 9.17) is 14.2 Å². The van der Waals surface area contributed by atoms with Crippen LogP contribution in [0.25, 0.3) is 0 Å². The van der Waals surface area contributed by atoms with E-state index in [2.05, 4.69) is 29.4 Å². The number of amides is 2. The van der Waals surface area contributed by atoms with Crippen LogP contribution in [0.15, 0.2) is 18.2 Å². The maximum absolute atomic E-state index is 12.4. The van der Waals surface area contributed by atoms with E-state index in [0.29, 0.717) is 18.5 Å². The lowest BCUT2D eigenvalue weighted by molar-refractivity contribution is 0.0129. The molecule has 2 heterocycles. The van der Waals surface area contributed by atoms with E-state index in [9.17, 15) is 4.79 Å². The highest BCUT2D eigenvalue weighted by molar-refractivity contribution is 5.74. The van der Waals surface area contributed by atoms with E-state index in [1.165, 1.54) is 0 Å². The SMILES string of the molecule is CC(C)CC(CNC(=O)NC(C)c1ccc2c(c1)OCO2)N1CCOCC1. The second-order valence-corrected chi connectivity index (χ2v) is 7.62. The normalized spacial score (nSPS) is 19.0. The van der Waals surface area contributed by atoms with Gasteiger partial charge in [-0.2, -0.15) is 0 Å². The Labute approximate surface area is 161 Å². The van der Waals surface area contributed by atoms with Gasteiger partial charge in [0.25, 0.3) is 0 Å². The van der Waals surface area contributed by atoms with Crippen molar-refractivity contribution in [2.75, 3.05) is 39.6 Å². The first-order valence-electron chi connectivity index (χ1n) is 9.78. The van der Waals surface area contributed by atoms with Crippen LogP contribution in [0.1, 0.15) is 38.8 Å². The Morgan fingerprint density at radius 3 is 2.63 bits per heavy atom. The summed E-state index contributed by atoms with van der Waals surface area (Å²) in [4.78, 5) is 14.8. The number of ether oxygens (including phenoxy) is 3. The van der Waals surface area contributed by atoms with Crippen LogP contribution in [0.5, 0.6) is 11.5 Å². The summed E-state index contributed by atoms with van der Waals surface area (Å²) in [5.74, 6) is 2.05. The maximum atomic E-state index is 12.4. The molecule has 2 aliphatic rings. The number of hydrogen-bond acceptors (Lipinski definition) is 5. The number of hydrogen-bond donors (Lipinski definition) is 2. The third-order valence-corrected chi connectivity index (χ3v) is 5.05. The molecular weight excluding hydrogens is 346 g/mol. The Bertz CT molecular complexity index is 632. The first-order valence-corrected chi connectivity index (χ1v) is 9.78. The molecule has 2 amide bonds. The lowest BCUT2D eigenvalue weighted by Crippen LogP contribution is -2.50. The molecule has 7 heteroatoms. The molecule has 7 nitrogen and oxygen atoms in total. The van der Waals surface area contributed by atoms with Crippen LogP contribution in [0.2, 0.25) is 0 Å². The third kappa shape index (κ3) is 5.49. The molecule has 3 rings (SSSR count). The van der Waals surface area contributed by atoms with Gasteiger partial charge in [0, 0.05) is 25.7 Å². The van der Waals surface area contributed by atoms with Gasteiger partial charge in [-0.3, -0.25) is 4.90 Å². The summed E-state index contributed by atoms with van der Waals surface area (Å²) in [5.41, 5.74) is 0.987. The minimum Gasteiger partial charge on any atom is -0.454 e. The molecule has 1 aromatic rings. The molecular formula is C20H31N3O4. The molecule has 1 saturated heterocycles. The molecule has 2 atom stereocenters. The van der Waals surface area contributed by atoms with Gasteiger partial charge in [-0.1, -0.05) is 19.9 Å². The van der Waals surface area contributed by atoms with Crippen LogP contribution in [0.3, 0.4) is 0 Å². The standard InChI is InChI=1S/C20H31N3O4/c1-14(2)10-17(23-6-8-25-9-7-23)12-21-20(24)22-15(3)16-4-5-18-19(11-16)27-13-26-18/h4-5,11,14-15,17H,6-10,12-13H2,1-3H3,(H2,21,22,24). The van der Waals surface area contributed by atoms with E-state index in [1.54, 1.807) is 0 Å². The van der Waals surface area contributed by atoms with Crippen molar-refractivity contribution in [3.05, 3.63) is 23.8 Å². The molecule has 1 fully saturated rings. The zero-order chi connectivity index (χ0) is 19.2. The number of nitrogens with one attached hydrogen (secondary N) is 2. The van der Waals surface area contributed by atoms with Crippen molar-refractivity contribution in [2.45, 2.75) is 39.3 Å². The highest BCUT2D eigenvalue weighted by Gasteiger charge is 2.23. The predicted molar refractivity (Wildman–Crippen MR) is 103 cm³/mol. The highest BCUT2D eigenvalue weighted by Crippen LogP contribution is 2.34. The summed E-state index contributed by atoms with van der Waals surface area (Å²) in [7, 11) is 0. The van der Waals surface area contributed by atoms with Crippen molar-refractivity contribution in [1.82, 2.24) is 15.5 Å². The first kappa shape index (κ1) is 19.8. The van der Waals surface area contributed by atoms with Crippen molar-refractivity contribution < 1.29 is 19.0 Å². The van der Waals surface area contributed by atoms with Crippen LogP contribution in [0.4, 0.5) is 4.79 Å². The molecule has 27 heavy (non-hydrogen) atoms. The van der Waals surface area contributed by atoms with Crippen molar-refractivity contribution in [2.24, 2.45) is 5.92 Å². The number of rotatable bonds is 7. The van der Waals surface area contributed by atoms with Crippen molar-refractivity contribution in [1.29, 1.82) is 0 Å². The zero-order valence-electron chi connectivity index (χ0n) is 16.5. The van der Waals surface area contributed by atoms with E-state index in [-0.39, 0.29) is 18.9 Å². The van der Waals surface area contributed by atoms with E-state index < -0.39 is 0 Å². The van der Waals surface area contributed by atoms with Gasteiger partial charge in [-0.05, 0) is 37.0 Å². The molecule has 1 aromatic carbocycles. The molecule has 0 aliphatic carbocycles. The fourth-order valence-corrected chi connectivity index (χ4v) is 3.57. The maximum Gasteiger partial charge on any atom is 0.315 e. The Morgan fingerprint density at radius 2 is 1.89 bits per heavy atom. The summed E-state index contributed by atoms with van der Waals surface area (Å²) in [6.07, 6.45) is 1.05. The summed E-state index contributed by atoms with van der Waals surface area (Å²) in [6, 6.07) is 5.82. The summed E-state index contributed by atoms with van der Waals surface area (Å²) >= 11 is 0. The molecule has 0 radical (unpaired) electrons. The average molecular weight is 377 g/mol. The van der Waals surface area contributed by atoms with Gasteiger partial charge in [0.1, 0.15) is 0 Å². The molecule has 0 spiro atoms. The van der Waals surface area contributed by atoms with Gasteiger partial charge in [0.15, 0.2) is 11.5 Å². The highest BCUT2D eigenvalue weighted by atomic mass is 16.7. The smallest absolute Gasteiger partial charge is 0.315 e. The second-order valence-electron chi connectivity index (χ2n) is 7.62. The fraction of sp³-hybridized carbons (Fsp3) is 0.650. The molecule has 0 bridgehead atoms. The van der Waals surface area contributed by atoms with Crippen molar-refractivity contribution in [3.8, 4) is 11.5 Å². The van der Waals surface area contributed by atoms with E-state index in [1.807, 2.05) is 25.1 Å². The topological polar surface area (TPSA) is 72.1 Å². The molecule has 2 unspecified atom stereocenters. The Balaban J connectivity index is 1.51. The quantitative estimate of drug-likeness (QED) is 0.764. The number of urea groups is 1. The number of carbonyl (C=O) groups is 1. The number of benzene rings is 1.